The van der Waals surface area contributed by atoms with Crippen LogP contribution in [0, 0.1) is 6.92 Å². The van der Waals surface area contributed by atoms with E-state index in [2.05, 4.69) is 14.3 Å². The second-order valence-electron chi connectivity index (χ2n) is 3.55. The summed E-state index contributed by atoms with van der Waals surface area (Å²) in [5, 5.41) is 0.624. The van der Waals surface area contributed by atoms with E-state index in [1.54, 1.807) is 0 Å². The van der Waals surface area contributed by atoms with Gasteiger partial charge in [-0.1, -0.05) is 13.8 Å². The van der Waals surface area contributed by atoms with Crippen LogP contribution in [0.4, 0.5) is 0 Å². The van der Waals surface area contributed by atoms with Gasteiger partial charge >= 0.3 is 0 Å². The summed E-state index contributed by atoms with van der Waals surface area (Å²) in [6, 6.07) is 0. The summed E-state index contributed by atoms with van der Waals surface area (Å²) in [7, 11) is 0. The Labute approximate surface area is 85.2 Å². The van der Waals surface area contributed by atoms with Crippen LogP contribution in [-0.4, -0.2) is 14.3 Å². The Balaban J connectivity index is 2.81. The van der Waals surface area contributed by atoms with Crippen molar-refractivity contribution in [3.63, 3.8) is 0 Å². The van der Waals surface area contributed by atoms with Crippen LogP contribution >= 0.6 is 11.5 Å². The van der Waals surface area contributed by atoms with E-state index < -0.39 is 0 Å². The van der Waals surface area contributed by atoms with Gasteiger partial charge in [0, 0.05) is 5.92 Å². The highest BCUT2D eigenvalue weighted by atomic mass is 32.1. The van der Waals surface area contributed by atoms with Gasteiger partial charge in [0.25, 0.3) is 5.56 Å². The molecule has 2 rings (SSSR count). The van der Waals surface area contributed by atoms with Crippen LogP contribution in [0.3, 0.4) is 0 Å². The fraction of sp³-hybridized carbons (Fsp3) is 0.444. The second-order valence-corrected chi connectivity index (χ2v) is 4.31. The van der Waals surface area contributed by atoms with Crippen molar-refractivity contribution < 1.29 is 0 Å². The van der Waals surface area contributed by atoms with Crippen molar-refractivity contribution in [2.45, 2.75) is 26.7 Å². The minimum atomic E-state index is -0.0787. The lowest BCUT2D eigenvalue weighted by Gasteiger charge is -2.02. The average Bonchev–Trinajstić information content (AvgIpc) is 2.48. The first-order valence-electron chi connectivity index (χ1n) is 4.46. The highest BCUT2D eigenvalue weighted by Gasteiger charge is 2.11. The molecule has 2 heterocycles. The van der Waals surface area contributed by atoms with Gasteiger partial charge in [0.15, 0.2) is 4.83 Å². The van der Waals surface area contributed by atoms with Crippen molar-refractivity contribution in [3.05, 3.63) is 21.9 Å². The summed E-state index contributed by atoms with van der Waals surface area (Å²) in [6.07, 6.45) is 0. The van der Waals surface area contributed by atoms with Crippen LogP contribution in [0.5, 0.6) is 0 Å². The minimum absolute atomic E-state index is 0.0787. The number of H-pyrrole nitrogens is 1. The number of aromatic amines is 1. The molecule has 0 fully saturated rings. The SMILES string of the molecule is Cc1nsc2nc(C(C)C)[nH]c(=O)c12. The van der Waals surface area contributed by atoms with Crippen molar-refractivity contribution in [1.82, 2.24) is 14.3 Å². The average molecular weight is 209 g/mol. The Bertz CT molecular complexity index is 526. The molecule has 0 aromatic carbocycles. The normalized spacial score (nSPS) is 11.4. The van der Waals surface area contributed by atoms with Crippen molar-refractivity contribution in [1.29, 1.82) is 0 Å². The summed E-state index contributed by atoms with van der Waals surface area (Å²) in [5.74, 6) is 0.959. The number of nitrogens with zero attached hydrogens (tertiary/aromatic N) is 2. The molecule has 2 aromatic heterocycles. The standard InChI is InChI=1S/C9H11N3OS/c1-4(2)7-10-8(13)6-5(3)12-14-9(6)11-7/h4H,1-3H3,(H,10,11,13). The van der Waals surface area contributed by atoms with Crippen molar-refractivity contribution >= 4 is 21.7 Å². The van der Waals surface area contributed by atoms with Crippen LogP contribution in [0.25, 0.3) is 10.2 Å². The third kappa shape index (κ3) is 1.33. The molecule has 0 saturated heterocycles. The Morgan fingerprint density at radius 3 is 2.79 bits per heavy atom. The topological polar surface area (TPSA) is 58.6 Å². The summed E-state index contributed by atoms with van der Waals surface area (Å²) in [4.78, 5) is 19.5. The van der Waals surface area contributed by atoms with E-state index in [1.807, 2.05) is 20.8 Å². The van der Waals surface area contributed by atoms with Crippen molar-refractivity contribution in [2.75, 3.05) is 0 Å². The molecule has 2 aromatic rings. The lowest BCUT2D eigenvalue weighted by molar-refractivity contribution is 0.778. The molecule has 14 heavy (non-hydrogen) atoms. The lowest BCUT2D eigenvalue weighted by atomic mass is 10.2. The zero-order chi connectivity index (χ0) is 10.3. The van der Waals surface area contributed by atoms with E-state index in [0.717, 1.165) is 16.3 Å². The number of hydrogen-bond donors (Lipinski definition) is 1. The van der Waals surface area contributed by atoms with Crippen LogP contribution in [-0.2, 0) is 0 Å². The van der Waals surface area contributed by atoms with Crippen LogP contribution < -0.4 is 5.56 Å². The van der Waals surface area contributed by atoms with Crippen LogP contribution in [0.1, 0.15) is 31.3 Å². The van der Waals surface area contributed by atoms with Gasteiger partial charge in [0.1, 0.15) is 5.82 Å². The van der Waals surface area contributed by atoms with E-state index >= 15 is 0 Å². The minimum Gasteiger partial charge on any atom is -0.310 e. The summed E-state index contributed by atoms with van der Waals surface area (Å²) < 4.78 is 4.12. The molecule has 0 aliphatic rings. The maximum Gasteiger partial charge on any atom is 0.261 e. The maximum atomic E-state index is 11.7. The molecule has 0 bridgehead atoms. The number of aromatic nitrogens is 3. The van der Waals surface area contributed by atoms with Gasteiger partial charge in [-0.15, -0.1) is 0 Å². The second kappa shape index (κ2) is 3.16. The van der Waals surface area contributed by atoms with E-state index in [9.17, 15) is 4.79 Å². The first kappa shape index (κ1) is 9.33. The van der Waals surface area contributed by atoms with E-state index in [0.29, 0.717) is 5.39 Å². The number of rotatable bonds is 1. The third-order valence-corrected chi connectivity index (χ3v) is 2.92. The molecule has 0 aliphatic carbocycles. The number of fused-ring (bicyclic) bond motifs is 1. The van der Waals surface area contributed by atoms with E-state index in [4.69, 9.17) is 0 Å². The lowest BCUT2D eigenvalue weighted by Crippen LogP contribution is -2.12. The molecule has 0 amide bonds. The fourth-order valence-electron chi connectivity index (χ4n) is 1.29. The van der Waals surface area contributed by atoms with Crippen LogP contribution in [0.2, 0.25) is 0 Å². The van der Waals surface area contributed by atoms with Crippen LogP contribution in [0.15, 0.2) is 4.79 Å². The Morgan fingerprint density at radius 1 is 1.43 bits per heavy atom. The van der Waals surface area contributed by atoms with Gasteiger partial charge in [-0.05, 0) is 18.5 Å². The van der Waals surface area contributed by atoms with Gasteiger partial charge in [-0.2, -0.15) is 4.37 Å². The molecule has 74 valence electrons. The molecule has 0 unspecified atom stereocenters. The molecular weight excluding hydrogens is 198 g/mol. The number of aryl methyl sites for hydroxylation is 1. The highest BCUT2D eigenvalue weighted by molar-refractivity contribution is 7.12. The molecule has 1 N–H and O–H groups in total. The van der Waals surface area contributed by atoms with E-state index in [-0.39, 0.29) is 11.5 Å². The smallest absolute Gasteiger partial charge is 0.261 e. The van der Waals surface area contributed by atoms with Gasteiger partial charge in [-0.3, -0.25) is 4.79 Å². The quantitative estimate of drug-likeness (QED) is 0.779. The molecule has 4 nitrogen and oxygen atoms in total. The van der Waals surface area contributed by atoms with Gasteiger partial charge in [0.2, 0.25) is 0 Å². The molecule has 0 atom stereocenters. The van der Waals surface area contributed by atoms with E-state index in [1.165, 1.54) is 11.5 Å². The molecular formula is C9H11N3OS. The van der Waals surface area contributed by atoms with Crippen molar-refractivity contribution in [3.8, 4) is 0 Å². The fourth-order valence-corrected chi connectivity index (χ4v) is 2.07. The largest absolute Gasteiger partial charge is 0.310 e. The molecule has 0 radical (unpaired) electrons. The first-order valence-corrected chi connectivity index (χ1v) is 5.23. The monoisotopic (exact) mass is 209 g/mol. The zero-order valence-corrected chi connectivity index (χ0v) is 9.10. The maximum absolute atomic E-state index is 11.7. The molecule has 0 saturated carbocycles. The predicted molar refractivity (Wildman–Crippen MR) is 56.9 cm³/mol. The third-order valence-electron chi connectivity index (χ3n) is 2.08. The van der Waals surface area contributed by atoms with Gasteiger partial charge in [0.05, 0.1) is 11.1 Å². The molecule has 5 heteroatoms. The van der Waals surface area contributed by atoms with Gasteiger partial charge in [-0.25, -0.2) is 4.98 Å². The molecule has 0 spiro atoms. The first-order chi connectivity index (χ1) is 6.59. The summed E-state index contributed by atoms with van der Waals surface area (Å²) in [5.41, 5.74) is 0.680. The van der Waals surface area contributed by atoms with Crippen molar-refractivity contribution in [2.24, 2.45) is 0 Å². The highest BCUT2D eigenvalue weighted by Crippen LogP contribution is 2.17. The Morgan fingerprint density at radius 2 is 2.14 bits per heavy atom. The van der Waals surface area contributed by atoms with Gasteiger partial charge < -0.3 is 4.98 Å². The zero-order valence-electron chi connectivity index (χ0n) is 8.29. The number of nitrogens with one attached hydrogen (secondary N) is 1. The predicted octanol–water partition coefficient (Wildman–Crippen LogP) is 1.81. The Hall–Kier alpha value is -1.23. The Kier molecular flexibility index (Phi) is 2.11. The number of hydrogen-bond acceptors (Lipinski definition) is 4. The summed E-state index contributed by atoms with van der Waals surface area (Å²) in [6.45, 7) is 5.82. The molecule has 0 aliphatic heterocycles. The summed E-state index contributed by atoms with van der Waals surface area (Å²) >= 11 is 1.28.